The molecule has 0 atom stereocenters. The molecule has 6 aromatic rings. The van der Waals surface area contributed by atoms with E-state index in [9.17, 15) is 0 Å². The maximum absolute atomic E-state index is 4.14. The van der Waals surface area contributed by atoms with Crippen LogP contribution in [0.3, 0.4) is 0 Å². The minimum absolute atomic E-state index is 0.0910. The number of allylic oxidation sites excluding steroid dienone is 1. The molecular weight excluding hydrogens is 518 g/mol. The lowest BCUT2D eigenvalue weighted by molar-refractivity contribution is 0.661. The lowest BCUT2D eigenvalue weighted by Crippen LogP contribution is -2.15. The highest BCUT2D eigenvalue weighted by molar-refractivity contribution is 5.95. The molecule has 0 amide bonds. The van der Waals surface area contributed by atoms with Crippen LogP contribution in [0.15, 0.2) is 122 Å². The molecule has 0 saturated heterocycles. The molecule has 43 heavy (non-hydrogen) atoms. The van der Waals surface area contributed by atoms with Crippen LogP contribution in [0.1, 0.15) is 55.6 Å². The topological polar surface area (TPSA) is 4.93 Å². The van der Waals surface area contributed by atoms with Crippen LogP contribution >= 0.6 is 0 Å². The summed E-state index contributed by atoms with van der Waals surface area (Å²) in [4.78, 5) is 0. The number of para-hydroxylation sites is 1. The van der Waals surface area contributed by atoms with Crippen molar-refractivity contribution in [1.82, 2.24) is 4.57 Å². The first-order valence-electron chi connectivity index (χ1n) is 15.3. The number of aryl methyl sites for hydroxylation is 1. The summed E-state index contributed by atoms with van der Waals surface area (Å²) >= 11 is 0. The third-order valence-electron chi connectivity index (χ3n) is 9.29. The van der Waals surface area contributed by atoms with E-state index in [1.807, 2.05) is 6.08 Å². The maximum Gasteiger partial charge on any atom is 0.0541 e. The zero-order valence-corrected chi connectivity index (χ0v) is 25.5. The lowest BCUT2D eigenvalue weighted by atomic mass is 9.81. The molecule has 1 aliphatic carbocycles. The van der Waals surface area contributed by atoms with Gasteiger partial charge in [0, 0.05) is 22.1 Å². The molecule has 210 valence electrons. The van der Waals surface area contributed by atoms with E-state index >= 15 is 0 Å². The highest BCUT2D eigenvalue weighted by Crippen LogP contribution is 2.50. The van der Waals surface area contributed by atoms with Gasteiger partial charge in [0.1, 0.15) is 0 Å². The van der Waals surface area contributed by atoms with Crippen LogP contribution in [0.2, 0.25) is 0 Å². The van der Waals surface area contributed by atoms with Gasteiger partial charge in [0.2, 0.25) is 0 Å². The lowest BCUT2D eigenvalue weighted by Gasteiger charge is -2.23. The predicted octanol–water partition coefficient (Wildman–Crippen LogP) is 11.5. The molecule has 0 spiro atoms. The van der Waals surface area contributed by atoms with Crippen LogP contribution in [-0.2, 0) is 11.8 Å². The van der Waals surface area contributed by atoms with Gasteiger partial charge in [0.25, 0.3) is 0 Å². The van der Waals surface area contributed by atoms with Gasteiger partial charge in [-0.05, 0) is 99.8 Å². The van der Waals surface area contributed by atoms with Crippen LogP contribution in [-0.4, -0.2) is 4.57 Å². The number of hydrogen-bond donors (Lipinski definition) is 0. The van der Waals surface area contributed by atoms with Crippen molar-refractivity contribution in [3.05, 3.63) is 150 Å². The van der Waals surface area contributed by atoms with Gasteiger partial charge in [-0.2, -0.15) is 0 Å². The second-order valence-electron chi connectivity index (χ2n) is 12.1. The fraction of sp³-hybridized carbons (Fsp3) is 0.143. The molecule has 0 unspecified atom stereocenters. The van der Waals surface area contributed by atoms with Crippen molar-refractivity contribution in [2.45, 2.75) is 39.5 Å². The van der Waals surface area contributed by atoms with E-state index in [-0.39, 0.29) is 5.41 Å². The average molecular weight is 556 g/mol. The van der Waals surface area contributed by atoms with Gasteiger partial charge < -0.3 is 4.57 Å². The summed E-state index contributed by atoms with van der Waals surface area (Å²) in [6.07, 6.45) is 7.33. The van der Waals surface area contributed by atoms with E-state index in [1.54, 1.807) is 0 Å². The molecule has 7 rings (SSSR count). The van der Waals surface area contributed by atoms with Crippen molar-refractivity contribution in [3.63, 3.8) is 0 Å². The standard InChI is InChI=1S/C42H37N/c1-6-12-40-34(8-3)37-15-9-10-16-41(37)43(40)33-14-11-13-30(25-33)32-22-24-36-35-23-21-31(29-19-17-28(7-2)18-20-29)26-38(35)42(4,5)39(36)27-32/h6,8-27H,3,7H2,1-2,4-5H3/b12-6-. The van der Waals surface area contributed by atoms with Crippen molar-refractivity contribution in [3.8, 4) is 39.1 Å². The minimum Gasteiger partial charge on any atom is -0.309 e. The Kier molecular flexibility index (Phi) is 6.55. The van der Waals surface area contributed by atoms with E-state index in [0.717, 1.165) is 23.4 Å². The Morgan fingerprint density at radius 3 is 1.98 bits per heavy atom. The van der Waals surface area contributed by atoms with E-state index < -0.39 is 0 Å². The fourth-order valence-corrected chi connectivity index (χ4v) is 6.95. The summed E-state index contributed by atoms with van der Waals surface area (Å²) in [6, 6.07) is 40.6. The second kappa shape index (κ2) is 10.4. The zero-order chi connectivity index (χ0) is 29.7. The van der Waals surface area contributed by atoms with E-state index in [0.29, 0.717) is 0 Å². The predicted molar refractivity (Wildman–Crippen MR) is 186 cm³/mol. The van der Waals surface area contributed by atoms with Crippen LogP contribution in [0, 0.1) is 0 Å². The zero-order valence-electron chi connectivity index (χ0n) is 25.5. The minimum atomic E-state index is -0.0910. The van der Waals surface area contributed by atoms with Gasteiger partial charge in [0.15, 0.2) is 0 Å². The monoisotopic (exact) mass is 555 g/mol. The summed E-state index contributed by atoms with van der Waals surface area (Å²) in [5, 5.41) is 1.22. The molecule has 0 fully saturated rings. The largest absolute Gasteiger partial charge is 0.309 e. The summed E-state index contributed by atoms with van der Waals surface area (Å²) < 4.78 is 2.36. The Bertz CT molecular complexity index is 2050. The number of aromatic nitrogens is 1. The second-order valence-corrected chi connectivity index (χ2v) is 12.1. The molecule has 0 radical (unpaired) electrons. The number of benzene rings is 5. The van der Waals surface area contributed by atoms with Crippen LogP contribution in [0.25, 0.3) is 62.1 Å². The number of nitrogens with zero attached hydrogens (tertiary/aromatic N) is 1. The van der Waals surface area contributed by atoms with Gasteiger partial charge in [-0.1, -0.05) is 118 Å². The molecule has 1 aliphatic rings. The number of hydrogen-bond acceptors (Lipinski definition) is 0. The molecule has 0 saturated carbocycles. The van der Waals surface area contributed by atoms with Crippen molar-refractivity contribution < 1.29 is 0 Å². The summed E-state index contributed by atoms with van der Waals surface area (Å²) in [5.74, 6) is 0. The summed E-state index contributed by atoms with van der Waals surface area (Å²) in [7, 11) is 0. The number of fused-ring (bicyclic) bond motifs is 4. The molecule has 0 aliphatic heterocycles. The SMILES string of the molecule is C=Cc1c(/C=C\C)n(-c2cccc(-c3ccc4c(c3)C(C)(C)c3cc(-c5ccc(CC)cc5)ccc3-4)c2)c2ccccc12. The van der Waals surface area contributed by atoms with Gasteiger partial charge in [0.05, 0.1) is 11.2 Å². The fourth-order valence-electron chi connectivity index (χ4n) is 6.95. The van der Waals surface area contributed by atoms with Crippen LogP contribution < -0.4 is 0 Å². The Morgan fingerprint density at radius 2 is 1.33 bits per heavy atom. The van der Waals surface area contributed by atoms with E-state index in [2.05, 4.69) is 160 Å². The molecular formula is C42H37N. The third kappa shape index (κ3) is 4.31. The van der Waals surface area contributed by atoms with Gasteiger partial charge in [-0.15, -0.1) is 0 Å². The molecule has 1 heterocycles. The van der Waals surface area contributed by atoms with E-state index in [4.69, 9.17) is 0 Å². The van der Waals surface area contributed by atoms with Crippen molar-refractivity contribution in [2.24, 2.45) is 0 Å². The van der Waals surface area contributed by atoms with Crippen LogP contribution in [0.5, 0.6) is 0 Å². The molecule has 1 nitrogen and oxygen atoms in total. The first-order chi connectivity index (χ1) is 20.9. The number of rotatable bonds is 6. The van der Waals surface area contributed by atoms with Crippen LogP contribution in [0.4, 0.5) is 0 Å². The Morgan fingerprint density at radius 1 is 0.698 bits per heavy atom. The van der Waals surface area contributed by atoms with Gasteiger partial charge in [-0.3, -0.25) is 0 Å². The Balaban J connectivity index is 1.31. The smallest absolute Gasteiger partial charge is 0.0541 e. The van der Waals surface area contributed by atoms with E-state index in [1.165, 1.54) is 61.0 Å². The van der Waals surface area contributed by atoms with Gasteiger partial charge in [-0.25, -0.2) is 0 Å². The van der Waals surface area contributed by atoms with Crippen molar-refractivity contribution >= 4 is 23.1 Å². The van der Waals surface area contributed by atoms with Gasteiger partial charge >= 0.3 is 0 Å². The highest BCUT2D eigenvalue weighted by Gasteiger charge is 2.35. The first kappa shape index (κ1) is 27.0. The summed E-state index contributed by atoms with van der Waals surface area (Å²) in [5.41, 5.74) is 16.4. The Labute approximate surface area is 255 Å². The molecule has 0 bridgehead atoms. The first-order valence-corrected chi connectivity index (χ1v) is 15.3. The van der Waals surface area contributed by atoms with Crippen molar-refractivity contribution in [2.75, 3.05) is 0 Å². The molecule has 0 N–H and O–H groups in total. The third-order valence-corrected chi connectivity index (χ3v) is 9.29. The molecule has 1 aromatic heterocycles. The Hall–Kier alpha value is -4.88. The molecule has 1 heteroatoms. The molecule has 5 aromatic carbocycles. The summed E-state index contributed by atoms with van der Waals surface area (Å²) in [6.45, 7) is 13.2. The maximum atomic E-state index is 4.14. The quantitative estimate of drug-likeness (QED) is 0.193. The normalized spacial score (nSPS) is 13.4. The average Bonchev–Trinajstić information content (AvgIpc) is 3.48. The van der Waals surface area contributed by atoms with Crippen molar-refractivity contribution in [1.29, 1.82) is 0 Å². The highest BCUT2D eigenvalue weighted by atomic mass is 15.0.